The molecular weight excluding hydrogens is 258 g/mol. The summed E-state index contributed by atoms with van der Waals surface area (Å²) in [5, 5.41) is 11.0. The fourth-order valence-corrected chi connectivity index (χ4v) is 2.53. The van der Waals surface area contributed by atoms with Gasteiger partial charge in [0.15, 0.2) is 9.84 Å². The molecule has 0 aliphatic rings. The van der Waals surface area contributed by atoms with Gasteiger partial charge in [-0.25, -0.2) is 8.42 Å². The third-order valence-electron chi connectivity index (χ3n) is 2.40. The maximum Gasteiger partial charge on any atom is 0.303 e. The second-order valence-corrected chi connectivity index (χ2v) is 6.67. The standard InChI is InChI=1S/C11H21NO5S/c1-3-18(16,17)8-9(2)12-10(13)6-4-5-7-11(14)15/h9H,3-8H2,1-2H3,(H,12,13)(H,14,15). The fourth-order valence-electron chi connectivity index (χ4n) is 1.45. The number of carbonyl (C=O) groups excluding carboxylic acids is 1. The molecule has 0 aliphatic heterocycles. The number of nitrogens with one attached hydrogen (secondary N) is 1. The van der Waals surface area contributed by atoms with E-state index >= 15 is 0 Å². The van der Waals surface area contributed by atoms with Crippen molar-refractivity contribution >= 4 is 21.7 Å². The van der Waals surface area contributed by atoms with Crippen LogP contribution in [-0.4, -0.2) is 42.9 Å². The molecule has 1 amide bonds. The zero-order chi connectivity index (χ0) is 14.2. The minimum atomic E-state index is -3.09. The summed E-state index contributed by atoms with van der Waals surface area (Å²) in [6, 6.07) is -0.415. The molecule has 0 saturated heterocycles. The Bertz CT molecular complexity index is 377. The normalized spacial score (nSPS) is 13.0. The summed E-state index contributed by atoms with van der Waals surface area (Å²) < 4.78 is 22.6. The first-order valence-corrected chi connectivity index (χ1v) is 7.80. The summed E-state index contributed by atoms with van der Waals surface area (Å²) in [5.74, 6) is -1.12. The van der Waals surface area contributed by atoms with Crippen LogP contribution in [0.5, 0.6) is 0 Å². The molecule has 0 spiro atoms. The number of carbonyl (C=O) groups is 2. The minimum absolute atomic E-state index is 0.0487. The van der Waals surface area contributed by atoms with Gasteiger partial charge in [0.05, 0.1) is 5.75 Å². The Hall–Kier alpha value is -1.11. The highest BCUT2D eigenvalue weighted by Gasteiger charge is 2.15. The van der Waals surface area contributed by atoms with E-state index in [9.17, 15) is 18.0 Å². The van der Waals surface area contributed by atoms with Gasteiger partial charge >= 0.3 is 5.97 Å². The summed E-state index contributed by atoms with van der Waals surface area (Å²) in [4.78, 5) is 21.7. The van der Waals surface area contributed by atoms with Crippen LogP contribution in [0.2, 0.25) is 0 Å². The van der Waals surface area contributed by atoms with Gasteiger partial charge in [0.1, 0.15) is 0 Å². The van der Waals surface area contributed by atoms with Crippen molar-refractivity contribution in [2.45, 2.75) is 45.6 Å². The van der Waals surface area contributed by atoms with E-state index in [1.54, 1.807) is 13.8 Å². The summed E-state index contributed by atoms with van der Waals surface area (Å²) >= 11 is 0. The van der Waals surface area contributed by atoms with Crippen molar-refractivity contribution in [2.75, 3.05) is 11.5 Å². The number of rotatable bonds is 9. The van der Waals surface area contributed by atoms with Gasteiger partial charge in [-0.2, -0.15) is 0 Å². The zero-order valence-electron chi connectivity index (χ0n) is 10.8. The van der Waals surface area contributed by atoms with Crippen molar-refractivity contribution in [3.8, 4) is 0 Å². The third-order valence-corrected chi connectivity index (χ3v) is 4.28. The molecule has 0 aliphatic carbocycles. The van der Waals surface area contributed by atoms with Crippen molar-refractivity contribution in [1.82, 2.24) is 5.32 Å². The highest BCUT2D eigenvalue weighted by atomic mass is 32.2. The molecule has 0 rings (SSSR count). The Balaban J connectivity index is 3.84. The van der Waals surface area contributed by atoms with Crippen molar-refractivity contribution in [3.05, 3.63) is 0 Å². The first-order chi connectivity index (χ1) is 8.26. The van der Waals surface area contributed by atoms with Crippen molar-refractivity contribution in [1.29, 1.82) is 0 Å². The molecule has 0 aromatic heterocycles. The number of carboxylic acids is 1. The molecule has 6 nitrogen and oxygen atoms in total. The van der Waals surface area contributed by atoms with Crippen molar-refractivity contribution < 1.29 is 23.1 Å². The van der Waals surface area contributed by atoms with Crippen LogP contribution in [0.1, 0.15) is 39.5 Å². The monoisotopic (exact) mass is 279 g/mol. The number of amides is 1. The minimum Gasteiger partial charge on any atom is -0.481 e. The third kappa shape index (κ3) is 8.98. The number of hydrogen-bond donors (Lipinski definition) is 2. The Labute approximate surface area is 108 Å². The Morgan fingerprint density at radius 1 is 1.22 bits per heavy atom. The molecule has 18 heavy (non-hydrogen) atoms. The Morgan fingerprint density at radius 2 is 1.78 bits per heavy atom. The number of sulfone groups is 1. The highest BCUT2D eigenvalue weighted by molar-refractivity contribution is 7.91. The molecular formula is C11H21NO5S. The molecule has 0 bridgehead atoms. The predicted molar refractivity (Wildman–Crippen MR) is 68.0 cm³/mol. The van der Waals surface area contributed by atoms with Gasteiger partial charge in [0.2, 0.25) is 5.91 Å². The van der Waals surface area contributed by atoms with Gasteiger partial charge in [-0.3, -0.25) is 9.59 Å². The molecule has 0 fully saturated rings. The van der Waals surface area contributed by atoms with E-state index in [0.717, 1.165) is 0 Å². The second-order valence-electron chi connectivity index (χ2n) is 4.27. The number of hydrogen-bond acceptors (Lipinski definition) is 4. The zero-order valence-corrected chi connectivity index (χ0v) is 11.6. The van der Waals surface area contributed by atoms with Crippen LogP contribution in [-0.2, 0) is 19.4 Å². The van der Waals surface area contributed by atoms with E-state index in [4.69, 9.17) is 5.11 Å². The predicted octanol–water partition coefficient (Wildman–Crippen LogP) is 0.571. The van der Waals surface area contributed by atoms with Crippen molar-refractivity contribution in [2.24, 2.45) is 0 Å². The highest BCUT2D eigenvalue weighted by Crippen LogP contribution is 2.01. The number of aliphatic carboxylic acids is 1. The van der Waals surface area contributed by atoms with E-state index in [0.29, 0.717) is 12.8 Å². The number of carboxylic acid groups (broad SMARTS) is 1. The molecule has 0 aromatic rings. The molecule has 7 heteroatoms. The molecule has 0 aromatic carbocycles. The molecule has 2 N–H and O–H groups in total. The van der Waals surface area contributed by atoms with Gasteiger partial charge in [-0.1, -0.05) is 6.92 Å². The van der Waals surface area contributed by atoms with Crippen molar-refractivity contribution in [3.63, 3.8) is 0 Å². The smallest absolute Gasteiger partial charge is 0.303 e. The van der Waals surface area contributed by atoms with Gasteiger partial charge in [-0.05, 0) is 19.8 Å². The molecule has 106 valence electrons. The fraction of sp³-hybridized carbons (Fsp3) is 0.818. The molecule has 1 atom stereocenters. The largest absolute Gasteiger partial charge is 0.481 e. The van der Waals surface area contributed by atoms with E-state index in [1.807, 2.05) is 0 Å². The average Bonchev–Trinajstić information content (AvgIpc) is 2.23. The van der Waals surface area contributed by atoms with Crippen LogP contribution in [0.25, 0.3) is 0 Å². The van der Waals surface area contributed by atoms with E-state index < -0.39 is 21.8 Å². The first kappa shape index (κ1) is 16.9. The summed E-state index contributed by atoms with van der Waals surface area (Å²) in [6.45, 7) is 3.21. The SMILES string of the molecule is CCS(=O)(=O)CC(C)NC(=O)CCCCC(=O)O. The Morgan fingerprint density at radius 3 is 2.28 bits per heavy atom. The topological polar surface area (TPSA) is 101 Å². The van der Waals surface area contributed by atoms with Gasteiger partial charge in [-0.15, -0.1) is 0 Å². The molecule has 0 saturated carbocycles. The maximum atomic E-state index is 11.4. The van der Waals surface area contributed by atoms with Crippen LogP contribution >= 0.6 is 0 Å². The van der Waals surface area contributed by atoms with Crippen LogP contribution in [0.3, 0.4) is 0 Å². The summed E-state index contributed by atoms with van der Waals surface area (Å²) in [5.41, 5.74) is 0. The van der Waals surface area contributed by atoms with Gasteiger partial charge < -0.3 is 10.4 Å². The molecule has 0 radical (unpaired) electrons. The lowest BCUT2D eigenvalue weighted by molar-refractivity contribution is -0.137. The summed E-state index contributed by atoms with van der Waals surface area (Å²) in [6.07, 6.45) is 1.21. The lowest BCUT2D eigenvalue weighted by atomic mass is 10.2. The van der Waals surface area contributed by atoms with Gasteiger partial charge in [0.25, 0.3) is 0 Å². The lowest BCUT2D eigenvalue weighted by Crippen LogP contribution is -2.37. The number of unbranched alkanes of at least 4 members (excludes halogenated alkanes) is 1. The summed E-state index contributed by atoms with van der Waals surface area (Å²) in [7, 11) is -3.09. The van der Waals surface area contributed by atoms with E-state index in [1.165, 1.54) is 0 Å². The second kappa shape index (κ2) is 8.07. The van der Waals surface area contributed by atoms with E-state index in [2.05, 4.69) is 5.32 Å². The maximum absolute atomic E-state index is 11.4. The molecule has 1 unspecified atom stereocenters. The van der Waals surface area contributed by atoms with Crippen LogP contribution in [0.15, 0.2) is 0 Å². The quantitative estimate of drug-likeness (QED) is 0.601. The average molecular weight is 279 g/mol. The molecule has 0 heterocycles. The lowest BCUT2D eigenvalue weighted by Gasteiger charge is -2.13. The van der Waals surface area contributed by atoms with Gasteiger partial charge in [0, 0.05) is 24.6 Å². The van der Waals surface area contributed by atoms with Crippen LogP contribution < -0.4 is 5.32 Å². The van der Waals surface area contributed by atoms with Crippen LogP contribution in [0, 0.1) is 0 Å². The Kier molecular flexibility index (Phi) is 7.58. The van der Waals surface area contributed by atoms with Crippen LogP contribution in [0.4, 0.5) is 0 Å². The van der Waals surface area contributed by atoms with E-state index in [-0.39, 0.29) is 30.3 Å². The first-order valence-electron chi connectivity index (χ1n) is 5.98.